The average molecular weight is 223 g/mol. The number of amides is 2. The zero-order chi connectivity index (χ0) is 12.0. The third kappa shape index (κ3) is 3.47. The van der Waals surface area contributed by atoms with Gasteiger partial charge in [-0.25, -0.2) is 0 Å². The van der Waals surface area contributed by atoms with Gasteiger partial charge in [0.15, 0.2) is 0 Å². The van der Waals surface area contributed by atoms with E-state index in [9.17, 15) is 9.59 Å². The molecular formula is C13H21NO2. The molecule has 3 nitrogen and oxygen atoms in total. The van der Waals surface area contributed by atoms with Crippen LogP contribution in [-0.4, -0.2) is 11.8 Å². The van der Waals surface area contributed by atoms with E-state index >= 15 is 0 Å². The molecule has 0 radical (unpaired) electrons. The van der Waals surface area contributed by atoms with Crippen LogP contribution in [0.25, 0.3) is 0 Å². The Kier molecular flexibility index (Phi) is 5.23. The fourth-order valence-electron chi connectivity index (χ4n) is 1.89. The number of carbonyl (C=O) groups is 2. The number of hydrogen-bond donors (Lipinski definition) is 1. The smallest absolute Gasteiger partial charge is 0.234 e. The molecule has 0 bridgehead atoms. The molecule has 1 aliphatic rings. The fraction of sp³-hybridized carbons (Fsp3) is 0.692. The Morgan fingerprint density at radius 1 is 1.19 bits per heavy atom. The second kappa shape index (κ2) is 6.46. The molecule has 1 saturated heterocycles. The SMILES string of the molecule is CCCCCCC=CC1C(=O)NC(=O)C1C. The predicted molar refractivity (Wildman–Crippen MR) is 63.7 cm³/mol. The molecule has 0 aromatic rings. The molecule has 16 heavy (non-hydrogen) atoms. The van der Waals surface area contributed by atoms with Crippen LogP contribution in [0.1, 0.15) is 46.0 Å². The highest BCUT2D eigenvalue weighted by molar-refractivity contribution is 6.05. The van der Waals surface area contributed by atoms with E-state index in [1.54, 1.807) is 6.92 Å². The minimum atomic E-state index is -0.251. The molecule has 90 valence electrons. The number of carbonyl (C=O) groups excluding carboxylic acids is 2. The van der Waals surface area contributed by atoms with Gasteiger partial charge in [-0.2, -0.15) is 0 Å². The van der Waals surface area contributed by atoms with Gasteiger partial charge in [0.2, 0.25) is 11.8 Å². The van der Waals surface area contributed by atoms with E-state index in [-0.39, 0.29) is 23.7 Å². The van der Waals surface area contributed by atoms with Crippen LogP contribution < -0.4 is 5.32 Å². The molecule has 1 fully saturated rings. The first kappa shape index (κ1) is 12.9. The minimum absolute atomic E-state index is 0.148. The lowest BCUT2D eigenvalue weighted by molar-refractivity contribution is -0.125. The molecule has 1 aliphatic heterocycles. The van der Waals surface area contributed by atoms with Crippen LogP contribution in [0.4, 0.5) is 0 Å². The molecule has 2 amide bonds. The highest BCUT2D eigenvalue weighted by atomic mass is 16.2. The van der Waals surface area contributed by atoms with Crippen molar-refractivity contribution in [2.75, 3.05) is 0 Å². The van der Waals surface area contributed by atoms with Crippen molar-refractivity contribution in [2.45, 2.75) is 46.0 Å². The monoisotopic (exact) mass is 223 g/mol. The molecule has 2 unspecified atom stereocenters. The number of imide groups is 1. The van der Waals surface area contributed by atoms with Crippen molar-refractivity contribution < 1.29 is 9.59 Å². The summed E-state index contributed by atoms with van der Waals surface area (Å²) in [5, 5.41) is 2.35. The predicted octanol–water partition coefficient (Wildman–Crippen LogP) is 2.42. The molecular weight excluding hydrogens is 202 g/mol. The molecule has 3 heteroatoms. The van der Waals surface area contributed by atoms with Crippen LogP contribution >= 0.6 is 0 Å². The molecule has 0 aromatic heterocycles. The summed E-state index contributed by atoms with van der Waals surface area (Å²) >= 11 is 0. The molecule has 1 heterocycles. The van der Waals surface area contributed by atoms with Gasteiger partial charge >= 0.3 is 0 Å². The summed E-state index contributed by atoms with van der Waals surface area (Å²) in [4.78, 5) is 22.6. The Morgan fingerprint density at radius 2 is 1.94 bits per heavy atom. The van der Waals surface area contributed by atoms with Gasteiger partial charge in [0.1, 0.15) is 0 Å². The Hall–Kier alpha value is -1.12. The quantitative estimate of drug-likeness (QED) is 0.427. The highest BCUT2D eigenvalue weighted by Gasteiger charge is 2.36. The van der Waals surface area contributed by atoms with Crippen LogP contribution in [0.3, 0.4) is 0 Å². The molecule has 1 rings (SSSR count). The largest absolute Gasteiger partial charge is 0.296 e. The normalized spacial score (nSPS) is 25.4. The lowest BCUT2D eigenvalue weighted by Gasteiger charge is -2.03. The number of allylic oxidation sites excluding steroid dienone is 1. The summed E-state index contributed by atoms with van der Waals surface area (Å²) in [5.74, 6) is -0.758. The molecule has 0 aliphatic carbocycles. The van der Waals surface area contributed by atoms with Crippen LogP contribution in [-0.2, 0) is 9.59 Å². The van der Waals surface area contributed by atoms with Crippen LogP contribution in [0.15, 0.2) is 12.2 Å². The molecule has 1 N–H and O–H groups in total. The van der Waals surface area contributed by atoms with E-state index in [1.807, 2.05) is 12.2 Å². The van der Waals surface area contributed by atoms with Crippen molar-refractivity contribution in [3.05, 3.63) is 12.2 Å². The first-order valence-corrected chi connectivity index (χ1v) is 6.18. The van der Waals surface area contributed by atoms with Gasteiger partial charge in [-0.3, -0.25) is 14.9 Å². The van der Waals surface area contributed by atoms with Crippen molar-refractivity contribution in [3.8, 4) is 0 Å². The average Bonchev–Trinajstić information content (AvgIpc) is 2.49. The molecule has 0 aromatic carbocycles. The summed E-state index contributed by atoms with van der Waals surface area (Å²) in [5.41, 5.74) is 0. The number of nitrogens with one attached hydrogen (secondary N) is 1. The summed E-state index contributed by atoms with van der Waals surface area (Å²) in [7, 11) is 0. The third-order valence-electron chi connectivity index (χ3n) is 3.07. The maximum Gasteiger partial charge on any atom is 0.234 e. The second-order valence-electron chi connectivity index (χ2n) is 4.45. The molecule has 0 spiro atoms. The van der Waals surface area contributed by atoms with Gasteiger partial charge in [-0.05, 0) is 12.8 Å². The van der Waals surface area contributed by atoms with Gasteiger partial charge in [-0.1, -0.05) is 45.3 Å². The van der Waals surface area contributed by atoms with E-state index < -0.39 is 0 Å². The van der Waals surface area contributed by atoms with Crippen molar-refractivity contribution in [2.24, 2.45) is 11.8 Å². The van der Waals surface area contributed by atoms with Crippen molar-refractivity contribution >= 4 is 11.8 Å². The van der Waals surface area contributed by atoms with Gasteiger partial charge in [-0.15, -0.1) is 0 Å². The molecule has 2 atom stereocenters. The highest BCUT2D eigenvalue weighted by Crippen LogP contribution is 2.20. The van der Waals surface area contributed by atoms with E-state index in [2.05, 4.69) is 12.2 Å². The zero-order valence-electron chi connectivity index (χ0n) is 10.2. The summed E-state index contributed by atoms with van der Waals surface area (Å²) in [6.45, 7) is 3.98. The maximum absolute atomic E-state index is 11.4. The van der Waals surface area contributed by atoms with Crippen LogP contribution in [0.5, 0.6) is 0 Å². The van der Waals surface area contributed by atoms with Crippen LogP contribution in [0.2, 0.25) is 0 Å². The Labute approximate surface area is 97.3 Å². The Morgan fingerprint density at radius 3 is 2.50 bits per heavy atom. The van der Waals surface area contributed by atoms with Crippen molar-refractivity contribution in [1.82, 2.24) is 5.32 Å². The zero-order valence-corrected chi connectivity index (χ0v) is 10.2. The van der Waals surface area contributed by atoms with Gasteiger partial charge in [0, 0.05) is 0 Å². The van der Waals surface area contributed by atoms with Gasteiger partial charge in [0.25, 0.3) is 0 Å². The first-order valence-electron chi connectivity index (χ1n) is 6.18. The van der Waals surface area contributed by atoms with E-state index in [4.69, 9.17) is 0 Å². The number of unbranched alkanes of at least 4 members (excludes halogenated alkanes) is 4. The van der Waals surface area contributed by atoms with Crippen LogP contribution in [0, 0.1) is 11.8 Å². The summed E-state index contributed by atoms with van der Waals surface area (Å²) in [6, 6.07) is 0. The first-order chi connectivity index (χ1) is 7.66. The minimum Gasteiger partial charge on any atom is -0.296 e. The lowest BCUT2D eigenvalue weighted by Crippen LogP contribution is -2.21. The summed E-state index contributed by atoms with van der Waals surface area (Å²) < 4.78 is 0. The Bertz CT molecular complexity index is 284. The van der Waals surface area contributed by atoms with Gasteiger partial charge in [0.05, 0.1) is 11.8 Å². The molecule has 0 saturated carbocycles. The number of hydrogen-bond acceptors (Lipinski definition) is 2. The van der Waals surface area contributed by atoms with E-state index in [1.165, 1.54) is 25.7 Å². The van der Waals surface area contributed by atoms with Gasteiger partial charge < -0.3 is 0 Å². The third-order valence-corrected chi connectivity index (χ3v) is 3.07. The Balaban J connectivity index is 2.28. The fourth-order valence-corrected chi connectivity index (χ4v) is 1.89. The van der Waals surface area contributed by atoms with Crippen molar-refractivity contribution in [1.29, 1.82) is 0 Å². The summed E-state index contributed by atoms with van der Waals surface area (Å²) in [6.07, 6.45) is 9.84. The van der Waals surface area contributed by atoms with Crippen molar-refractivity contribution in [3.63, 3.8) is 0 Å². The standard InChI is InChI=1S/C13H21NO2/c1-3-4-5-6-7-8-9-11-10(2)12(15)14-13(11)16/h8-11H,3-7H2,1-2H3,(H,14,15,16). The van der Waals surface area contributed by atoms with E-state index in [0.29, 0.717) is 0 Å². The number of rotatable bonds is 6. The lowest BCUT2D eigenvalue weighted by atomic mass is 9.96. The topological polar surface area (TPSA) is 46.2 Å². The second-order valence-corrected chi connectivity index (χ2v) is 4.45. The maximum atomic E-state index is 11.4. The van der Waals surface area contributed by atoms with E-state index in [0.717, 1.165) is 6.42 Å².